The maximum Gasteiger partial charge on any atom is 0.263 e. The van der Waals surface area contributed by atoms with Crippen molar-refractivity contribution < 1.29 is 9.50 Å². The molecular formula is C14H11FN4O2. The zero-order valence-electron chi connectivity index (χ0n) is 11.0. The predicted molar refractivity (Wildman–Crippen MR) is 74.1 cm³/mol. The summed E-state index contributed by atoms with van der Waals surface area (Å²) >= 11 is 0. The molecule has 1 aromatic carbocycles. The standard InChI is InChI=1S/C14H11FN4O2/c1-19-7-6-16-12(19)11-17-13(20)10(14(21)18-11)8-4-2-3-5-9(8)15/h2-7H,1H3,(H2,17,18,20,21). The molecule has 0 aliphatic carbocycles. The number of halogens is 1. The van der Waals surface area contributed by atoms with E-state index in [4.69, 9.17) is 0 Å². The van der Waals surface area contributed by atoms with Gasteiger partial charge in [0.1, 0.15) is 11.4 Å². The van der Waals surface area contributed by atoms with Crippen LogP contribution in [-0.4, -0.2) is 24.6 Å². The summed E-state index contributed by atoms with van der Waals surface area (Å²) in [5.41, 5.74) is -0.841. The van der Waals surface area contributed by atoms with Gasteiger partial charge in [0.25, 0.3) is 5.56 Å². The molecule has 0 saturated carbocycles. The van der Waals surface area contributed by atoms with Gasteiger partial charge in [0, 0.05) is 25.0 Å². The van der Waals surface area contributed by atoms with Gasteiger partial charge in [-0.1, -0.05) is 18.2 Å². The molecule has 0 aliphatic rings. The zero-order chi connectivity index (χ0) is 15.0. The van der Waals surface area contributed by atoms with Crippen LogP contribution < -0.4 is 5.56 Å². The average Bonchev–Trinajstić information content (AvgIpc) is 2.86. The van der Waals surface area contributed by atoms with Crippen molar-refractivity contribution in [1.29, 1.82) is 0 Å². The number of nitrogens with one attached hydrogen (secondary N) is 1. The normalized spacial score (nSPS) is 10.8. The smallest absolute Gasteiger partial charge is 0.263 e. The van der Waals surface area contributed by atoms with E-state index in [2.05, 4.69) is 15.0 Å². The molecule has 21 heavy (non-hydrogen) atoms. The van der Waals surface area contributed by atoms with Crippen molar-refractivity contribution in [2.24, 2.45) is 7.05 Å². The van der Waals surface area contributed by atoms with Gasteiger partial charge in [-0.2, -0.15) is 4.98 Å². The Morgan fingerprint density at radius 3 is 2.71 bits per heavy atom. The second kappa shape index (κ2) is 4.86. The highest BCUT2D eigenvalue weighted by molar-refractivity contribution is 5.68. The Morgan fingerprint density at radius 2 is 2.10 bits per heavy atom. The predicted octanol–water partition coefficient (Wildman–Crippen LogP) is 1.68. The molecule has 0 amide bonds. The van der Waals surface area contributed by atoms with E-state index in [1.165, 1.54) is 24.4 Å². The highest BCUT2D eigenvalue weighted by Gasteiger charge is 2.18. The monoisotopic (exact) mass is 286 g/mol. The lowest BCUT2D eigenvalue weighted by atomic mass is 10.1. The van der Waals surface area contributed by atoms with Crippen LogP contribution in [0.25, 0.3) is 22.8 Å². The van der Waals surface area contributed by atoms with E-state index in [9.17, 15) is 14.3 Å². The highest BCUT2D eigenvalue weighted by atomic mass is 19.1. The third-order valence-corrected chi connectivity index (χ3v) is 3.08. The molecule has 7 heteroatoms. The number of aromatic amines is 1. The van der Waals surface area contributed by atoms with Gasteiger partial charge < -0.3 is 14.7 Å². The number of hydrogen-bond donors (Lipinski definition) is 2. The molecular weight excluding hydrogens is 275 g/mol. The van der Waals surface area contributed by atoms with Crippen molar-refractivity contribution in [1.82, 2.24) is 19.5 Å². The fourth-order valence-corrected chi connectivity index (χ4v) is 2.07. The fraction of sp³-hybridized carbons (Fsp3) is 0.0714. The number of aromatic nitrogens is 4. The summed E-state index contributed by atoms with van der Waals surface area (Å²) in [6.07, 6.45) is 3.22. The van der Waals surface area contributed by atoms with Gasteiger partial charge in [0.15, 0.2) is 11.6 Å². The van der Waals surface area contributed by atoms with Gasteiger partial charge in [-0.15, -0.1) is 0 Å². The van der Waals surface area contributed by atoms with Crippen LogP contribution in [0.15, 0.2) is 41.5 Å². The largest absolute Gasteiger partial charge is 0.493 e. The van der Waals surface area contributed by atoms with Crippen LogP contribution in [0, 0.1) is 5.82 Å². The molecule has 3 aromatic rings. The second-order valence-corrected chi connectivity index (χ2v) is 4.45. The topological polar surface area (TPSA) is 83.8 Å². The van der Waals surface area contributed by atoms with Crippen molar-refractivity contribution in [3.8, 4) is 28.7 Å². The first-order valence-electron chi connectivity index (χ1n) is 6.14. The molecule has 0 saturated heterocycles. The number of aromatic hydroxyl groups is 1. The molecule has 0 unspecified atom stereocenters. The minimum absolute atomic E-state index is 0.00450. The summed E-state index contributed by atoms with van der Waals surface area (Å²) in [5.74, 6) is -0.640. The third kappa shape index (κ3) is 2.18. The fourth-order valence-electron chi connectivity index (χ4n) is 2.07. The van der Waals surface area contributed by atoms with Crippen molar-refractivity contribution in [2.45, 2.75) is 0 Å². The van der Waals surface area contributed by atoms with E-state index in [-0.39, 0.29) is 17.0 Å². The maximum absolute atomic E-state index is 13.8. The Bertz CT molecular complexity index is 869. The van der Waals surface area contributed by atoms with Crippen molar-refractivity contribution >= 4 is 0 Å². The van der Waals surface area contributed by atoms with E-state index < -0.39 is 17.3 Å². The number of aryl methyl sites for hydroxylation is 1. The molecule has 0 bridgehead atoms. The van der Waals surface area contributed by atoms with Gasteiger partial charge in [0.05, 0.1) is 0 Å². The Labute approximate surface area is 118 Å². The quantitative estimate of drug-likeness (QED) is 0.750. The van der Waals surface area contributed by atoms with Gasteiger partial charge >= 0.3 is 0 Å². The SMILES string of the molecule is Cn1ccnc1-c1nc(O)c(-c2ccccc2F)c(=O)[nH]1. The van der Waals surface area contributed by atoms with Gasteiger partial charge in [-0.3, -0.25) is 4.79 Å². The Hall–Kier alpha value is -2.96. The van der Waals surface area contributed by atoms with E-state index >= 15 is 0 Å². The van der Waals surface area contributed by atoms with Gasteiger partial charge in [0.2, 0.25) is 5.88 Å². The van der Waals surface area contributed by atoms with Crippen molar-refractivity contribution in [2.75, 3.05) is 0 Å². The van der Waals surface area contributed by atoms with Crippen LogP contribution in [0.2, 0.25) is 0 Å². The molecule has 2 heterocycles. The molecule has 0 fully saturated rings. The van der Waals surface area contributed by atoms with Crippen LogP contribution >= 0.6 is 0 Å². The second-order valence-electron chi connectivity index (χ2n) is 4.45. The summed E-state index contributed by atoms with van der Waals surface area (Å²) in [6, 6.07) is 5.69. The third-order valence-electron chi connectivity index (χ3n) is 3.08. The van der Waals surface area contributed by atoms with E-state index in [0.29, 0.717) is 5.82 Å². The molecule has 0 radical (unpaired) electrons. The highest BCUT2D eigenvalue weighted by Crippen LogP contribution is 2.27. The Kier molecular flexibility index (Phi) is 3.02. The number of rotatable bonds is 2. The molecule has 2 aromatic heterocycles. The molecule has 6 nitrogen and oxygen atoms in total. The first-order chi connectivity index (χ1) is 10.1. The summed E-state index contributed by atoms with van der Waals surface area (Å²) in [6.45, 7) is 0. The number of benzene rings is 1. The van der Waals surface area contributed by atoms with Gasteiger partial charge in [-0.25, -0.2) is 9.37 Å². The lowest BCUT2D eigenvalue weighted by Crippen LogP contribution is -2.14. The molecule has 0 aliphatic heterocycles. The summed E-state index contributed by atoms with van der Waals surface area (Å²) in [5, 5.41) is 10.0. The molecule has 0 atom stereocenters. The molecule has 106 valence electrons. The van der Waals surface area contributed by atoms with Crippen LogP contribution in [-0.2, 0) is 7.05 Å². The van der Waals surface area contributed by atoms with Crippen LogP contribution in [0.5, 0.6) is 5.88 Å². The number of H-pyrrole nitrogens is 1. The van der Waals surface area contributed by atoms with Crippen LogP contribution in [0.1, 0.15) is 0 Å². The lowest BCUT2D eigenvalue weighted by Gasteiger charge is -2.07. The number of hydrogen-bond acceptors (Lipinski definition) is 4. The Morgan fingerprint density at radius 1 is 1.33 bits per heavy atom. The first-order valence-corrected chi connectivity index (χ1v) is 6.14. The molecule has 2 N–H and O–H groups in total. The zero-order valence-corrected chi connectivity index (χ0v) is 11.0. The van der Waals surface area contributed by atoms with Crippen molar-refractivity contribution in [3.63, 3.8) is 0 Å². The summed E-state index contributed by atoms with van der Waals surface area (Å²) in [4.78, 5) is 22.6. The van der Waals surface area contributed by atoms with Crippen LogP contribution in [0.3, 0.4) is 0 Å². The van der Waals surface area contributed by atoms with E-state index in [1.54, 1.807) is 23.9 Å². The maximum atomic E-state index is 13.8. The minimum atomic E-state index is -0.634. The first kappa shape index (κ1) is 13.0. The molecule has 0 spiro atoms. The minimum Gasteiger partial charge on any atom is -0.493 e. The number of imidazole rings is 1. The molecule has 3 rings (SSSR count). The number of nitrogens with zero attached hydrogens (tertiary/aromatic N) is 3. The van der Waals surface area contributed by atoms with E-state index in [1.807, 2.05) is 0 Å². The lowest BCUT2D eigenvalue weighted by molar-refractivity contribution is 0.453. The van der Waals surface area contributed by atoms with Crippen LogP contribution in [0.4, 0.5) is 4.39 Å². The van der Waals surface area contributed by atoms with E-state index in [0.717, 1.165) is 0 Å². The average molecular weight is 286 g/mol. The summed E-state index contributed by atoms with van der Waals surface area (Å²) in [7, 11) is 1.73. The summed E-state index contributed by atoms with van der Waals surface area (Å²) < 4.78 is 15.4. The van der Waals surface area contributed by atoms with Crippen molar-refractivity contribution in [3.05, 3.63) is 52.8 Å². The Balaban J connectivity index is 2.21. The van der Waals surface area contributed by atoms with Gasteiger partial charge in [-0.05, 0) is 6.07 Å².